The number of nitrogens with one attached hydrogen (secondary N) is 2. The average molecular weight is 372 g/mol. The Morgan fingerprint density at radius 3 is 2.61 bits per heavy atom. The fourth-order valence-electron chi connectivity index (χ4n) is 1.42. The Bertz CT molecular complexity index is 525. The highest BCUT2D eigenvalue weighted by Gasteiger charge is 2.03. The zero-order chi connectivity index (χ0) is 13.0. The Labute approximate surface area is 124 Å². The van der Waals surface area contributed by atoms with Gasteiger partial charge in [-0.3, -0.25) is 0 Å². The van der Waals surface area contributed by atoms with Gasteiger partial charge in [-0.1, -0.05) is 17.8 Å². The second-order valence-electron chi connectivity index (χ2n) is 3.51. The van der Waals surface area contributed by atoms with Gasteiger partial charge in [0.15, 0.2) is 5.16 Å². The Balaban J connectivity index is 2.28. The van der Waals surface area contributed by atoms with Crippen molar-refractivity contribution >= 4 is 51.7 Å². The Kier molecular flexibility index (Phi) is 4.65. The zero-order valence-corrected chi connectivity index (χ0v) is 13.0. The fourth-order valence-corrected chi connectivity index (χ4v) is 2.35. The molecule has 2 aromatic rings. The SMILES string of the molecule is CNc1cc(Nc2cccc(I)c2)nc(SC)n1. The number of hydrogen-bond donors (Lipinski definition) is 2. The van der Waals surface area contributed by atoms with Crippen LogP contribution in [0.25, 0.3) is 0 Å². The topological polar surface area (TPSA) is 49.8 Å². The highest BCUT2D eigenvalue weighted by atomic mass is 127. The van der Waals surface area contributed by atoms with Crippen LogP contribution >= 0.6 is 34.4 Å². The Morgan fingerprint density at radius 1 is 1.17 bits per heavy atom. The van der Waals surface area contributed by atoms with Crippen LogP contribution in [0.5, 0.6) is 0 Å². The Morgan fingerprint density at radius 2 is 1.94 bits per heavy atom. The van der Waals surface area contributed by atoms with Crippen LogP contribution in [-0.4, -0.2) is 23.3 Å². The van der Waals surface area contributed by atoms with Crippen molar-refractivity contribution in [3.8, 4) is 0 Å². The van der Waals surface area contributed by atoms with E-state index < -0.39 is 0 Å². The predicted molar refractivity (Wildman–Crippen MR) is 85.8 cm³/mol. The van der Waals surface area contributed by atoms with Gasteiger partial charge in [-0.15, -0.1) is 0 Å². The number of aromatic nitrogens is 2. The van der Waals surface area contributed by atoms with Crippen molar-refractivity contribution in [1.82, 2.24) is 9.97 Å². The molecule has 0 spiro atoms. The summed E-state index contributed by atoms with van der Waals surface area (Å²) in [6.45, 7) is 0. The van der Waals surface area contributed by atoms with Gasteiger partial charge in [-0.2, -0.15) is 0 Å². The molecule has 0 unspecified atom stereocenters. The van der Waals surface area contributed by atoms with Crippen LogP contribution in [0.2, 0.25) is 0 Å². The van der Waals surface area contributed by atoms with E-state index in [1.807, 2.05) is 31.5 Å². The number of hydrogen-bond acceptors (Lipinski definition) is 5. The van der Waals surface area contributed by atoms with Gasteiger partial charge in [0.1, 0.15) is 11.6 Å². The Hall–Kier alpha value is -1.02. The van der Waals surface area contributed by atoms with Crippen LogP contribution in [0, 0.1) is 3.57 Å². The second-order valence-corrected chi connectivity index (χ2v) is 5.53. The minimum absolute atomic E-state index is 0.745. The summed E-state index contributed by atoms with van der Waals surface area (Å²) in [6, 6.07) is 10.0. The molecule has 0 aliphatic heterocycles. The van der Waals surface area contributed by atoms with Gasteiger partial charge in [0, 0.05) is 22.4 Å². The van der Waals surface area contributed by atoms with Gasteiger partial charge in [0.25, 0.3) is 0 Å². The largest absolute Gasteiger partial charge is 0.373 e. The molecule has 0 radical (unpaired) electrons. The molecule has 0 atom stereocenters. The molecule has 0 saturated heterocycles. The zero-order valence-electron chi connectivity index (χ0n) is 10.1. The first-order valence-electron chi connectivity index (χ1n) is 5.34. The number of anilines is 3. The van der Waals surface area contributed by atoms with Gasteiger partial charge in [0.05, 0.1) is 0 Å². The standard InChI is InChI=1S/C12H13IN4S/c1-14-10-7-11(17-12(16-10)18-2)15-9-5-3-4-8(13)6-9/h3-7H,1-2H3,(H2,14,15,16,17). The quantitative estimate of drug-likeness (QED) is 0.488. The lowest BCUT2D eigenvalue weighted by atomic mass is 10.3. The van der Waals surface area contributed by atoms with E-state index in [4.69, 9.17) is 0 Å². The van der Waals surface area contributed by atoms with Gasteiger partial charge >= 0.3 is 0 Å². The van der Waals surface area contributed by atoms with E-state index in [1.165, 1.54) is 15.3 Å². The normalized spacial score (nSPS) is 10.2. The first-order chi connectivity index (χ1) is 8.71. The number of halogens is 1. The molecule has 18 heavy (non-hydrogen) atoms. The summed E-state index contributed by atoms with van der Waals surface area (Å²) >= 11 is 3.81. The summed E-state index contributed by atoms with van der Waals surface area (Å²) in [5.41, 5.74) is 1.02. The van der Waals surface area contributed by atoms with E-state index in [-0.39, 0.29) is 0 Å². The highest BCUT2D eigenvalue weighted by Crippen LogP contribution is 2.21. The van der Waals surface area contributed by atoms with Gasteiger partial charge < -0.3 is 10.6 Å². The monoisotopic (exact) mass is 372 g/mol. The van der Waals surface area contributed by atoms with E-state index in [2.05, 4.69) is 55.3 Å². The predicted octanol–water partition coefficient (Wildman–Crippen LogP) is 3.59. The van der Waals surface area contributed by atoms with Crippen LogP contribution in [0.3, 0.4) is 0 Å². The lowest BCUT2D eigenvalue weighted by molar-refractivity contribution is 0.977. The third-order valence-corrected chi connectivity index (χ3v) is 3.46. The summed E-state index contributed by atoms with van der Waals surface area (Å²) in [4.78, 5) is 8.75. The average Bonchev–Trinajstić information content (AvgIpc) is 2.38. The van der Waals surface area contributed by atoms with Gasteiger partial charge in [-0.05, 0) is 47.0 Å². The molecule has 0 saturated carbocycles. The fraction of sp³-hybridized carbons (Fsp3) is 0.167. The number of benzene rings is 1. The lowest BCUT2D eigenvalue weighted by Crippen LogP contribution is -2.00. The summed E-state index contributed by atoms with van der Waals surface area (Å²) in [7, 11) is 1.85. The molecule has 0 bridgehead atoms. The second kappa shape index (κ2) is 6.24. The molecule has 0 aliphatic carbocycles. The maximum absolute atomic E-state index is 4.42. The minimum atomic E-state index is 0.745. The van der Waals surface area contributed by atoms with E-state index in [9.17, 15) is 0 Å². The molecule has 0 fully saturated rings. The van der Waals surface area contributed by atoms with Crippen molar-refractivity contribution in [2.75, 3.05) is 23.9 Å². The third kappa shape index (κ3) is 3.49. The molecule has 1 aromatic heterocycles. The van der Waals surface area contributed by atoms with Crippen LogP contribution in [0.15, 0.2) is 35.5 Å². The number of thioether (sulfide) groups is 1. The van der Waals surface area contributed by atoms with E-state index in [0.717, 1.165) is 22.5 Å². The maximum Gasteiger partial charge on any atom is 0.191 e. The maximum atomic E-state index is 4.42. The van der Waals surface area contributed by atoms with Crippen molar-refractivity contribution in [3.05, 3.63) is 33.9 Å². The molecule has 0 amide bonds. The number of nitrogens with zero attached hydrogens (tertiary/aromatic N) is 2. The van der Waals surface area contributed by atoms with E-state index in [1.54, 1.807) is 0 Å². The van der Waals surface area contributed by atoms with Crippen molar-refractivity contribution in [2.45, 2.75) is 5.16 Å². The molecule has 1 heterocycles. The molecule has 94 valence electrons. The van der Waals surface area contributed by atoms with Crippen molar-refractivity contribution in [1.29, 1.82) is 0 Å². The molecule has 4 nitrogen and oxygen atoms in total. The number of rotatable bonds is 4. The van der Waals surface area contributed by atoms with Crippen molar-refractivity contribution in [3.63, 3.8) is 0 Å². The lowest BCUT2D eigenvalue weighted by Gasteiger charge is -2.09. The first kappa shape index (κ1) is 13.4. The summed E-state index contributed by atoms with van der Waals surface area (Å²) in [5, 5.41) is 7.06. The molecule has 1 aromatic carbocycles. The van der Waals surface area contributed by atoms with Crippen LogP contribution in [-0.2, 0) is 0 Å². The van der Waals surface area contributed by atoms with Crippen LogP contribution in [0.1, 0.15) is 0 Å². The molecule has 6 heteroatoms. The van der Waals surface area contributed by atoms with Crippen LogP contribution < -0.4 is 10.6 Å². The van der Waals surface area contributed by atoms with Crippen molar-refractivity contribution < 1.29 is 0 Å². The summed E-state index contributed by atoms with van der Waals surface area (Å²) in [5.74, 6) is 1.60. The third-order valence-electron chi connectivity index (χ3n) is 2.24. The highest BCUT2D eigenvalue weighted by molar-refractivity contribution is 14.1. The molecule has 2 N–H and O–H groups in total. The molecule has 0 aliphatic rings. The minimum Gasteiger partial charge on any atom is -0.373 e. The van der Waals surface area contributed by atoms with Gasteiger partial charge in [0.2, 0.25) is 0 Å². The first-order valence-corrected chi connectivity index (χ1v) is 7.65. The smallest absolute Gasteiger partial charge is 0.191 e. The van der Waals surface area contributed by atoms with Crippen molar-refractivity contribution in [2.24, 2.45) is 0 Å². The van der Waals surface area contributed by atoms with Crippen LogP contribution in [0.4, 0.5) is 17.3 Å². The van der Waals surface area contributed by atoms with E-state index in [0.29, 0.717) is 0 Å². The molecule has 2 rings (SSSR count). The molecular weight excluding hydrogens is 359 g/mol. The summed E-state index contributed by atoms with van der Waals surface area (Å²) < 4.78 is 1.19. The van der Waals surface area contributed by atoms with E-state index >= 15 is 0 Å². The summed E-state index contributed by atoms with van der Waals surface area (Å²) in [6.07, 6.45) is 1.96. The molecular formula is C12H13IN4S. The van der Waals surface area contributed by atoms with Gasteiger partial charge in [-0.25, -0.2) is 9.97 Å².